The summed E-state index contributed by atoms with van der Waals surface area (Å²) in [4.78, 5) is 4.64. The Bertz CT molecular complexity index is 881. The summed E-state index contributed by atoms with van der Waals surface area (Å²) in [5, 5.41) is 3.37. The van der Waals surface area contributed by atoms with E-state index in [1.807, 2.05) is 18.2 Å². The van der Waals surface area contributed by atoms with E-state index in [4.69, 9.17) is 4.74 Å². The van der Waals surface area contributed by atoms with Crippen molar-refractivity contribution < 1.29 is 13.2 Å². The van der Waals surface area contributed by atoms with Crippen LogP contribution in [0.2, 0.25) is 0 Å². The van der Waals surface area contributed by atoms with Gasteiger partial charge in [-0.2, -0.15) is 4.31 Å². The van der Waals surface area contributed by atoms with Gasteiger partial charge >= 0.3 is 0 Å². The Balaban J connectivity index is 1.39. The standard InChI is InChI=1S/C22H29N3O3S/c26-29(27,25-13-5-2-6-14-25)20-11-12-21(24-17-20)23-16-19-10-7-15-28-22(19)18-8-3-1-4-9-18/h1,3-4,8-9,11-12,17,19,22H,2,5-7,10,13-16H2,(H,23,24). The fourth-order valence-corrected chi connectivity index (χ4v) is 5.65. The predicted octanol–water partition coefficient (Wildman–Crippen LogP) is 3.84. The molecule has 0 radical (unpaired) electrons. The van der Waals surface area contributed by atoms with Crippen LogP contribution < -0.4 is 5.32 Å². The van der Waals surface area contributed by atoms with Gasteiger partial charge in [0.15, 0.2) is 0 Å². The Morgan fingerprint density at radius 2 is 1.83 bits per heavy atom. The van der Waals surface area contributed by atoms with Gasteiger partial charge in [0.1, 0.15) is 10.7 Å². The maximum atomic E-state index is 12.8. The van der Waals surface area contributed by atoms with Gasteiger partial charge in [-0.05, 0) is 43.4 Å². The fraction of sp³-hybridized carbons (Fsp3) is 0.500. The number of nitrogens with one attached hydrogen (secondary N) is 1. The van der Waals surface area contributed by atoms with Gasteiger partial charge in [-0.3, -0.25) is 0 Å². The summed E-state index contributed by atoms with van der Waals surface area (Å²) in [5.41, 5.74) is 1.20. The number of aromatic nitrogens is 1. The maximum absolute atomic E-state index is 12.8. The molecule has 0 bridgehead atoms. The van der Waals surface area contributed by atoms with Crippen molar-refractivity contribution in [1.82, 2.24) is 9.29 Å². The molecule has 2 fully saturated rings. The van der Waals surface area contributed by atoms with E-state index in [2.05, 4.69) is 22.4 Å². The monoisotopic (exact) mass is 415 g/mol. The van der Waals surface area contributed by atoms with E-state index in [0.29, 0.717) is 24.8 Å². The molecular weight excluding hydrogens is 386 g/mol. The summed E-state index contributed by atoms with van der Waals surface area (Å²) < 4.78 is 33.1. The van der Waals surface area contributed by atoms with Crippen molar-refractivity contribution in [2.45, 2.75) is 43.1 Å². The minimum Gasteiger partial charge on any atom is -0.373 e. The van der Waals surface area contributed by atoms with Crippen LogP contribution in [-0.2, 0) is 14.8 Å². The number of hydrogen-bond acceptors (Lipinski definition) is 5. The number of anilines is 1. The van der Waals surface area contributed by atoms with Gasteiger partial charge in [0.25, 0.3) is 0 Å². The lowest BCUT2D eigenvalue weighted by molar-refractivity contribution is -0.0238. The summed E-state index contributed by atoms with van der Waals surface area (Å²) >= 11 is 0. The number of sulfonamides is 1. The first kappa shape index (κ1) is 20.3. The molecule has 2 atom stereocenters. The summed E-state index contributed by atoms with van der Waals surface area (Å²) in [6.07, 6.45) is 6.65. The number of rotatable bonds is 6. The minimum atomic E-state index is -3.44. The number of pyridine rings is 1. The minimum absolute atomic E-state index is 0.0798. The lowest BCUT2D eigenvalue weighted by atomic mass is 9.89. The van der Waals surface area contributed by atoms with Crippen LogP contribution in [0.4, 0.5) is 5.82 Å². The third-order valence-electron chi connectivity index (χ3n) is 5.81. The van der Waals surface area contributed by atoms with Crippen LogP contribution >= 0.6 is 0 Å². The van der Waals surface area contributed by atoms with Gasteiger partial charge in [-0.25, -0.2) is 13.4 Å². The zero-order valence-corrected chi connectivity index (χ0v) is 17.5. The second-order valence-corrected chi connectivity index (χ2v) is 9.77. The molecule has 2 aromatic rings. The molecule has 2 saturated heterocycles. The van der Waals surface area contributed by atoms with E-state index >= 15 is 0 Å². The van der Waals surface area contributed by atoms with Crippen molar-refractivity contribution in [2.24, 2.45) is 5.92 Å². The average Bonchev–Trinajstić information content (AvgIpc) is 2.79. The van der Waals surface area contributed by atoms with Gasteiger partial charge in [-0.1, -0.05) is 36.8 Å². The van der Waals surface area contributed by atoms with E-state index in [0.717, 1.165) is 45.3 Å². The van der Waals surface area contributed by atoms with Crippen LogP contribution in [0.25, 0.3) is 0 Å². The molecule has 1 N–H and O–H groups in total. The van der Waals surface area contributed by atoms with E-state index in [9.17, 15) is 8.42 Å². The zero-order chi connectivity index (χ0) is 20.1. The first-order valence-electron chi connectivity index (χ1n) is 10.5. The van der Waals surface area contributed by atoms with Crippen molar-refractivity contribution in [3.05, 3.63) is 54.2 Å². The van der Waals surface area contributed by atoms with E-state index in [1.165, 1.54) is 11.8 Å². The Hall–Kier alpha value is -1.96. The highest BCUT2D eigenvalue weighted by molar-refractivity contribution is 7.89. The molecule has 1 aromatic carbocycles. The third kappa shape index (κ3) is 4.79. The highest BCUT2D eigenvalue weighted by atomic mass is 32.2. The van der Waals surface area contributed by atoms with Gasteiger partial charge in [0, 0.05) is 38.4 Å². The third-order valence-corrected chi connectivity index (χ3v) is 7.69. The first-order chi connectivity index (χ1) is 14.1. The normalized spacial score (nSPS) is 23.6. The van der Waals surface area contributed by atoms with Crippen molar-refractivity contribution in [2.75, 3.05) is 31.6 Å². The lowest BCUT2D eigenvalue weighted by Gasteiger charge is -2.32. The van der Waals surface area contributed by atoms with Crippen LogP contribution in [-0.4, -0.2) is 43.9 Å². The summed E-state index contributed by atoms with van der Waals surface area (Å²) in [5.74, 6) is 1.05. The maximum Gasteiger partial charge on any atom is 0.244 e. The molecule has 2 unspecified atom stereocenters. The Morgan fingerprint density at radius 1 is 1.03 bits per heavy atom. The Morgan fingerprint density at radius 3 is 2.55 bits per heavy atom. The molecule has 156 valence electrons. The summed E-state index contributed by atoms with van der Waals surface area (Å²) in [6, 6.07) is 13.7. The molecular formula is C22H29N3O3S. The molecule has 0 amide bonds. The molecule has 7 heteroatoms. The molecule has 0 aliphatic carbocycles. The molecule has 3 heterocycles. The average molecular weight is 416 g/mol. The predicted molar refractivity (Wildman–Crippen MR) is 113 cm³/mol. The Labute approximate surface area is 173 Å². The smallest absolute Gasteiger partial charge is 0.244 e. The van der Waals surface area contributed by atoms with E-state index in [-0.39, 0.29) is 11.0 Å². The molecule has 4 rings (SSSR count). The van der Waals surface area contributed by atoms with Crippen LogP contribution in [0.5, 0.6) is 0 Å². The largest absolute Gasteiger partial charge is 0.373 e. The van der Waals surface area contributed by atoms with Crippen LogP contribution in [0.1, 0.15) is 43.8 Å². The summed E-state index contributed by atoms with van der Waals surface area (Å²) in [7, 11) is -3.44. The summed E-state index contributed by atoms with van der Waals surface area (Å²) in [6.45, 7) is 2.73. The van der Waals surface area contributed by atoms with E-state index < -0.39 is 10.0 Å². The molecule has 2 aliphatic rings. The van der Waals surface area contributed by atoms with Gasteiger partial charge in [0.05, 0.1) is 6.10 Å². The van der Waals surface area contributed by atoms with Gasteiger partial charge < -0.3 is 10.1 Å². The van der Waals surface area contributed by atoms with Crippen molar-refractivity contribution in [1.29, 1.82) is 0 Å². The molecule has 0 saturated carbocycles. The SMILES string of the molecule is O=S(=O)(c1ccc(NCC2CCCOC2c2ccccc2)nc1)N1CCCCC1. The van der Waals surface area contributed by atoms with Crippen LogP contribution in [0.15, 0.2) is 53.6 Å². The molecule has 0 spiro atoms. The number of ether oxygens (including phenoxy) is 1. The molecule has 1 aromatic heterocycles. The second-order valence-electron chi connectivity index (χ2n) is 7.83. The topological polar surface area (TPSA) is 71.5 Å². The number of nitrogens with zero attached hydrogens (tertiary/aromatic N) is 2. The van der Waals surface area contributed by atoms with Crippen molar-refractivity contribution in [3.8, 4) is 0 Å². The van der Waals surface area contributed by atoms with Crippen molar-refractivity contribution >= 4 is 15.8 Å². The number of piperidine rings is 1. The van der Waals surface area contributed by atoms with Crippen LogP contribution in [0.3, 0.4) is 0 Å². The molecule has 29 heavy (non-hydrogen) atoms. The van der Waals surface area contributed by atoms with E-state index in [1.54, 1.807) is 16.4 Å². The highest BCUT2D eigenvalue weighted by Crippen LogP contribution is 2.33. The highest BCUT2D eigenvalue weighted by Gasteiger charge is 2.28. The Kier molecular flexibility index (Phi) is 6.47. The number of hydrogen-bond donors (Lipinski definition) is 1. The zero-order valence-electron chi connectivity index (χ0n) is 16.7. The van der Waals surface area contributed by atoms with Gasteiger partial charge in [-0.15, -0.1) is 0 Å². The lowest BCUT2D eigenvalue weighted by Crippen LogP contribution is -2.35. The second kappa shape index (κ2) is 9.24. The van der Waals surface area contributed by atoms with Crippen molar-refractivity contribution in [3.63, 3.8) is 0 Å². The molecule has 6 nitrogen and oxygen atoms in total. The van der Waals surface area contributed by atoms with Crippen LogP contribution in [0, 0.1) is 5.92 Å². The quantitative estimate of drug-likeness (QED) is 0.776. The number of benzene rings is 1. The first-order valence-corrected chi connectivity index (χ1v) is 12.0. The fourth-order valence-electron chi connectivity index (χ4n) is 4.19. The molecule has 2 aliphatic heterocycles. The van der Waals surface area contributed by atoms with Gasteiger partial charge in [0.2, 0.25) is 10.0 Å².